The Balaban J connectivity index is 1.64. The third-order valence-electron chi connectivity index (χ3n) is 5.66. The number of H-pyrrole nitrogens is 2. The molecular formula is C22H23N3O3. The fourth-order valence-corrected chi connectivity index (χ4v) is 4.08. The summed E-state index contributed by atoms with van der Waals surface area (Å²) in [5.74, 6) is 0.364. The van der Waals surface area contributed by atoms with Gasteiger partial charge in [0.05, 0.1) is 12.7 Å². The minimum absolute atomic E-state index is 0.0777. The van der Waals surface area contributed by atoms with Crippen molar-refractivity contribution >= 4 is 5.91 Å². The molecule has 1 unspecified atom stereocenters. The summed E-state index contributed by atoms with van der Waals surface area (Å²) in [6.07, 6.45) is 2.18. The van der Waals surface area contributed by atoms with Gasteiger partial charge in [-0.1, -0.05) is 42.5 Å². The van der Waals surface area contributed by atoms with Crippen LogP contribution in [0.1, 0.15) is 33.6 Å². The number of benzene rings is 2. The van der Waals surface area contributed by atoms with Gasteiger partial charge in [-0.2, -0.15) is 0 Å². The molecule has 0 bridgehead atoms. The minimum Gasteiger partial charge on any atom is -0.496 e. The van der Waals surface area contributed by atoms with Gasteiger partial charge in [-0.25, -0.2) is 0 Å². The maximum atomic E-state index is 12.8. The van der Waals surface area contributed by atoms with Crippen LogP contribution in [-0.4, -0.2) is 29.8 Å². The Morgan fingerprint density at radius 2 is 1.86 bits per heavy atom. The van der Waals surface area contributed by atoms with Gasteiger partial charge in [-0.15, -0.1) is 0 Å². The highest BCUT2D eigenvalue weighted by atomic mass is 16.5. The van der Waals surface area contributed by atoms with Crippen LogP contribution in [0.2, 0.25) is 0 Å². The van der Waals surface area contributed by atoms with Crippen LogP contribution in [0.4, 0.5) is 0 Å². The number of hydrogen-bond acceptors (Lipinski definition) is 3. The maximum absolute atomic E-state index is 12.8. The van der Waals surface area contributed by atoms with Crippen LogP contribution in [0.15, 0.2) is 59.4 Å². The first-order chi connectivity index (χ1) is 13.6. The molecule has 0 saturated carbocycles. The number of hydrogen-bond donors (Lipinski definition) is 3. The lowest BCUT2D eigenvalue weighted by molar-refractivity contribution is 0.0937. The monoisotopic (exact) mass is 377 g/mol. The molecule has 6 heteroatoms. The summed E-state index contributed by atoms with van der Waals surface area (Å²) >= 11 is 0. The molecule has 0 radical (unpaired) electrons. The van der Waals surface area contributed by atoms with Crippen molar-refractivity contribution in [2.24, 2.45) is 0 Å². The van der Waals surface area contributed by atoms with Crippen molar-refractivity contribution in [1.29, 1.82) is 0 Å². The van der Waals surface area contributed by atoms with Crippen LogP contribution >= 0.6 is 0 Å². The Labute approximate surface area is 162 Å². The van der Waals surface area contributed by atoms with Crippen LogP contribution in [0.3, 0.4) is 0 Å². The van der Waals surface area contributed by atoms with Crippen molar-refractivity contribution in [3.05, 3.63) is 87.3 Å². The van der Waals surface area contributed by atoms with E-state index in [9.17, 15) is 9.59 Å². The van der Waals surface area contributed by atoms with Gasteiger partial charge in [0.15, 0.2) is 0 Å². The van der Waals surface area contributed by atoms with Crippen molar-refractivity contribution in [3.8, 4) is 5.75 Å². The van der Waals surface area contributed by atoms with E-state index < -0.39 is 0 Å². The molecule has 3 N–H and O–H groups in total. The van der Waals surface area contributed by atoms with Gasteiger partial charge < -0.3 is 15.2 Å². The second-order valence-corrected chi connectivity index (χ2v) is 7.24. The normalized spacial score (nSPS) is 18.3. The molecule has 4 rings (SSSR count). The van der Waals surface area contributed by atoms with Gasteiger partial charge in [0.1, 0.15) is 5.75 Å². The van der Waals surface area contributed by atoms with E-state index >= 15 is 0 Å². The summed E-state index contributed by atoms with van der Waals surface area (Å²) < 4.78 is 5.31. The van der Waals surface area contributed by atoms with Crippen LogP contribution in [0.5, 0.6) is 5.75 Å². The topological polar surface area (TPSA) is 87.0 Å². The summed E-state index contributed by atoms with van der Waals surface area (Å²) in [6.45, 7) is 0.442. The largest absolute Gasteiger partial charge is 0.496 e. The van der Waals surface area contributed by atoms with E-state index in [2.05, 4.69) is 27.6 Å². The van der Waals surface area contributed by atoms with Gasteiger partial charge in [-0.05, 0) is 37.0 Å². The number of ether oxygens (including phenoxy) is 1. The number of methoxy groups -OCH3 is 1. The van der Waals surface area contributed by atoms with Crippen molar-refractivity contribution in [2.45, 2.75) is 24.7 Å². The zero-order valence-electron chi connectivity index (χ0n) is 15.7. The predicted molar refractivity (Wildman–Crippen MR) is 107 cm³/mol. The molecular weight excluding hydrogens is 354 g/mol. The van der Waals surface area contributed by atoms with Gasteiger partial charge in [0, 0.05) is 23.2 Å². The van der Waals surface area contributed by atoms with Crippen LogP contribution < -0.4 is 15.6 Å². The van der Waals surface area contributed by atoms with E-state index in [0.29, 0.717) is 24.3 Å². The number of rotatable bonds is 5. The Morgan fingerprint density at radius 1 is 1.11 bits per heavy atom. The molecule has 1 aliphatic carbocycles. The SMILES string of the molecule is COc1ccccc1C(=O)NCC1(c2ccccc2)CCc2[nH][nH]c(=O)c2C1. The average Bonchev–Trinajstić information content (AvgIpc) is 3.12. The number of aryl methyl sites for hydroxylation is 1. The first kappa shape index (κ1) is 18.1. The number of amides is 1. The highest BCUT2D eigenvalue weighted by Gasteiger charge is 2.38. The molecule has 0 saturated heterocycles. The Kier molecular flexibility index (Phi) is 4.77. The molecule has 1 amide bonds. The lowest BCUT2D eigenvalue weighted by Crippen LogP contribution is -2.45. The molecule has 28 heavy (non-hydrogen) atoms. The molecule has 6 nitrogen and oxygen atoms in total. The zero-order chi connectivity index (χ0) is 19.6. The smallest absolute Gasteiger partial charge is 0.267 e. The molecule has 1 aliphatic rings. The summed E-state index contributed by atoms with van der Waals surface area (Å²) in [4.78, 5) is 25.1. The van der Waals surface area contributed by atoms with E-state index in [-0.39, 0.29) is 16.9 Å². The molecule has 1 atom stereocenters. The molecule has 0 fully saturated rings. The number of aromatic nitrogens is 2. The zero-order valence-corrected chi connectivity index (χ0v) is 15.7. The lowest BCUT2D eigenvalue weighted by Gasteiger charge is -2.37. The molecule has 0 aliphatic heterocycles. The number of carbonyl (C=O) groups is 1. The first-order valence-electron chi connectivity index (χ1n) is 9.38. The summed E-state index contributed by atoms with van der Waals surface area (Å²) in [7, 11) is 1.55. The highest BCUT2D eigenvalue weighted by molar-refractivity contribution is 5.97. The number of aromatic amines is 2. The Hall–Kier alpha value is -3.28. The molecule has 0 spiro atoms. The van der Waals surface area contributed by atoms with Gasteiger partial charge in [0.2, 0.25) is 0 Å². The average molecular weight is 377 g/mol. The standard InChI is InChI=1S/C22H23N3O3/c1-28-19-10-6-5-9-16(19)20(26)23-14-22(15-7-3-2-4-8-15)12-11-18-17(13-22)21(27)25-24-18/h2-10H,11-14H2,1H3,(H,23,26)(H2,24,25,27). The van der Waals surface area contributed by atoms with Crippen LogP contribution in [-0.2, 0) is 18.3 Å². The summed E-state index contributed by atoms with van der Waals surface area (Å²) in [5.41, 5.74) is 2.97. The van der Waals surface area contributed by atoms with Crippen molar-refractivity contribution in [3.63, 3.8) is 0 Å². The molecule has 1 heterocycles. The van der Waals surface area contributed by atoms with Crippen LogP contribution in [0.25, 0.3) is 0 Å². The van der Waals surface area contributed by atoms with Gasteiger partial charge in [-0.3, -0.25) is 14.7 Å². The van der Waals surface area contributed by atoms with Crippen molar-refractivity contribution in [2.75, 3.05) is 13.7 Å². The van der Waals surface area contributed by atoms with E-state index in [1.54, 1.807) is 19.2 Å². The highest BCUT2D eigenvalue weighted by Crippen LogP contribution is 2.36. The molecule has 3 aromatic rings. The van der Waals surface area contributed by atoms with E-state index in [1.165, 1.54) is 0 Å². The second kappa shape index (κ2) is 7.38. The first-order valence-corrected chi connectivity index (χ1v) is 9.38. The lowest BCUT2D eigenvalue weighted by atomic mass is 9.68. The van der Waals surface area contributed by atoms with E-state index in [0.717, 1.165) is 29.7 Å². The Bertz CT molecular complexity index is 1040. The Morgan fingerprint density at radius 3 is 2.64 bits per heavy atom. The molecule has 1 aromatic heterocycles. The van der Waals surface area contributed by atoms with Crippen molar-refractivity contribution < 1.29 is 9.53 Å². The summed E-state index contributed by atoms with van der Waals surface area (Å²) in [6, 6.07) is 17.3. The molecule has 144 valence electrons. The number of carbonyl (C=O) groups excluding carboxylic acids is 1. The number of nitrogens with one attached hydrogen (secondary N) is 3. The number of fused-ring (bicyclic) bond motifs is 1. The van der Waals surface area contributed by atoms with Crippen molar-refractivity contribution in [1.82, 2.24) is 15.5 Å². The predicted octanol–water partition coefficient (Wildman–Crippen LogP) is 2.57. The molecule has 2 aromatic carbocycles. The van der Waals surface area contributed by atoms with Crippen LogP contribution in [0, 0.1) is 0 Å². The summed E-state index contributed by atoms with van der Waals surface area (Å²) in [5, 5.41) is 8.75. The third-order valence-corrected chi connectivity index (χ3v) is 5.66. The second-order valence-electron chi connectivity index (χ2n) is 7.24. The maximum Gasteiger partial charge on any atom is 0.267 e. The quantitative estimate of drug-likeness (QED) is 0.639. The third kappa shape index (κ3) is 3.22. The van der Waals surface area contributed by atoms with E-state index in [4.69, 9.17) is 4.74 Å². The fourth-order valence-electron chi connectivity index (χ4n) is 4.08. The van der Waals surface area contributed by atoms with E-state index in [1.807, 2.05) is 30.3 Å². The van der Waals surface area contributed by atoms with Gasteiger partial charge in [0.25, 0.3) is 11.5 Å². The fraction of sp³-hybridized carbons (Fsp3) is 0.273. The minimum atomic E-state index is -0.332. The van der Waals surface area contributed by atoms with Gasteiger partial charge >= 0.3 is 0 Å². The number of para-hydroxylation sites is 1.